The molecule has 0 atom stereocenters. The number of carbonyl (C=O) groups is 1. The highest BCUT2D eigenvalue weighted by atomic mass is 35.5. The number of nitrogens with two attached hydrogens (primary N) is 1. The van der Waals surface area contributed by atoms with Crippen LogP contribution < -0.4 is 11.1 Å². The average molecular weight is 254 g/mol. The summed E-state index contributed by atoms with van der Waals surface area (Å²) in [6, 6.07) is 5.52. The van der Waals surface area contributed by atoms with Crippen LogP contribution in [0, 0.1) is 5.41 Å². The number of amidine groups is 1. The lowest BCUT2D eigenvalue weighted by Crippen LogP contribution is -2.32. The van der Waals surface area contributed by atoms with E-state index in [0.717, 1.165) is 11.3 Å². The Morgan fingerprint density at radius 3 is 2.71 bits per heavy atom. The first kappa shape index (κ1) is 13.5. The van der Waals surface area contributed by atoms with Gasteiger partial charge < -0.3 is 11.1 Å². The molecule has 17 heavy (non-hydrogen) atoms. The molecule has 0 aromatic heterocycles. The molecule has 4 N–H and O–H groups in total. The molecule has 0 fully saturated rings. The van der Waals surface area contributed by atoms with Crippen molar-refractivity contribution in [1.29, 1.82) is 5.41 Å². The number of nitrogen functional groups attached to an aromatic ring is 1. The maximum atomic E-state index is 11.5. The Kier molecular flexibility index (Phi) is 3.48. The highest BCUT2D eigenvalue weighted by Gasteiger charge is 2.31. The molecule has 5 heteroatoms. The molecule has 1 heterocycles. The van der Waals surface area contributed by atoms with Gasteiger partial charge in [-0.15, -0.1) is 12.4 Å². The number of hydrogen-bond acceptors (Lipinski definition) is 2. The van der Waals surface area contributed by atoms with Crippen LogP contribution in [0.1, 0.15) is 31.4 Å². The predicted molar refractivity (Wildman–Crippen MR) is 71.0 cm³/mol. The fourth-order valence-electron chi connectivity index (χ4n) is 2.10. The minimum atomic E-state index is -0.160. The van der Waals surface area contributed by atoms with Gasteiger partial charge in [0.25, 0.3) is 0 Å². The molecule has 1 aliphatic heterocycles. The summed E-state index contributed by atoms with van der Waals surface area (Å²) in [7, 11) is 0. The smallest absolute Gasteiger partial charge is 0.225 e. The van der Waals surface area contributed by atoms with E-state index in [1.54, 1.807) is 6.07 Å². The van der Waals surface area contributed by atoms with Crippen molar-refractivity contribution in [2.24, 2.45) is 5.73 Å². The summed E-state index contributed by atoms with van der Waals surface area (Å²) in [5, 5.41) is 10.2. The minimum Gasteiger partial charge on any atom is -0.384 e. The van der Waals surface area contributed by atoms with Gasteiger partial charge in [-0.1, -0.05) is 26.0 Å². The van der Waals surface area contributed by atoms with Gasteiger partial charge in [-0.25, -0.2) is 0 Å². The first-order valence-electron chi connectivity index (χ1n) is 5.19. The van der Waals surface area contributed by atoms with Gasteiger partial charge in [0.1, 0.15) is 5.84 Å². The largest absolute Gasteiger partial charge is 0.384 e. The van der Waals surface area contributed by atoms with Gasteiger partial charge in [-0.3, -0.25) is 10.2 Å². The van der Waals surface area contributed by atoms with Crippen LogP contribution in [0.15, 0.2) is 18.2 Å². The van der Waals surface area contributed by atoms with Crippen molar-refractivity contribution >= 4 is 29.8 Å². The Morgan fingerprint density at radius 2 is 2.12 bits per heavy atom. The fraction of sp³-hybridized carbons (Fsp3) is 0.333. The summed E-state index contributed by atoms with van der Waals surface area (Å²) in [5.74, 6) is 0.0265. The van der Waals surface area contributed by atoms with Gasteiger partial charge in [0, 0.05) is 23.1 Å². The molecule has 1 aromatic rings. The van der Waals surface area contributed by atoms with Gasteiger partial charge in [0.2, 0.25) is 5.91 Å². The van der Waals surface area contributed by atoms with Gasteiger partial charge in [0.15, 0.2) is 0 Å². The van der Waals surface area contributed by atoms with Crippen molar-refractivity contribution in [3.63, 3.8) is 0 Å². The fourth-order valence-corrected chi connectivity index (χ4v) is 2.10. The highest BCUT2D eigenvalue weighted by Crippen LogP contribution is 2.37. The Morgan fingerprint density at radius 1 is 1.47 bits per heavy atom. The number of hydrogen-bond donors (Lipinski definition) is 3. The van der Waals surface area contributed by atoms with Crippen molar-refractivity contribution in [3.8, 4) is 0 Å². The van der Waals surface area contributed by atoms with Crippen molar-refractivity contribution < 1.29 is 4.79 Å². The number of anilines is 1. The van der Waals surface area contributed by atoms with E-state index in [0.29, 0.717) is 12.0 Å². The number of rotatable bonds is 1. The third-order valence-electron chi connectivity index (χ3n) is 2.94. The van der Waals surface area contributed by atoms with Crippen molar-refractivity contribution in [1.82, 2.24) is 0 Å². The Bertz CT molecular complexity index is 483. The maximum absolute atomic E-state index is 11.5. The normalized spacial score (nSPS) is 16.5. The van der Waals surface area contributed by atoms with Crippen LogP contribution >= 0.6 is 12.4 Å². The molecule has 0 radical (unpaired) electrons. The minimum absolute atomic E-state index is 0. The summed E-state index contributed by atoms with van der Waals surface area (Å²) in [6.07, 6.45) is 0.486. The molecule has 4 nitrogen and oxygen atoms in total. The molecule has 0 bridgehead atoms. The number of amides is 1. The molecule has 1 amide bonds. The van der Waals surface area contributed by atoms with Crippen LogP contribution in [0.4, 0.5) is 5.69 Å². The molecule has 1 aliphatic rings. The number of fused-ring (bicyclic) bond motifs is 1. The van der Waals surface area contributed by atoms with Crippen LogP contribution in [-0.2, 0) is 10.2 Å². The van der Waals surface area contributed by atoms with E-state index < -0.39 is 0 Å². The van der Waals surface area contributed by atoms with Gasteiger partial charge in [-0.05, 0) is 11.6 Å². The molecule has 1 aromatic carbocycles. The molecular formula is C12H16ClN3O. The zero-order valence-electron chi connectivity index (χ0n) is 9.83. The first-order chi connectivity index (χ1) is 7.40. The molecule has 0 aliphatic carbocycles. The Labute approximate surface area is 107 Å². The van der Waals surface area contributed by atoms with E-state index in [2.05, 4.69) is 5.32 Å². The second kappa shape index (κ2) is 4.37. The van der Waals surface area contributed by atoms with Gasteiger partial charge in [-0.2, -0.15) is 0 Å². The number of halogens is 1. The summed E-state index contributed by atoms with van der Waals surface area (Å²) in [6.45, 7) is 4.08. The van der Waals surface area contributed by atoms with Crippen molar-refractivity contribution in [2.45, 2.75) is 25.7 Å². The molecule has 0 saturated heterocycles. The lowest BCUT2D eigenvalue weighted by molar-refractivity contribution is -0.117. The molecule has 0 unspecified atom stereocenters. The Balaban J connectivity index is 0.00000144. The maximum Gasteiger partial charge on any atom is 0.225 e. The summed E-state index contributed by atoms with van der Waals surface area (Å²) in [4.78, 5) is 11.5. The van der Waals surface area contributed by atoms with Gasteiger partial charge in [0.05, 0.1) is 0 Å². The van der Waals surface area contributed by atoms with Crippen molar-refractivity contribution in [2.75, 3.05) is 5.32 Å². The van der Waals surface area contributed by atoms with Crippen molar-refractivity contribution in [3.05, 3.63) is 29.3 Å². The summed E-state index contributed by atoms with van der Waals surface area (Å²) in [5.41, 5.74) is 7.76. The SMILES string of the molecule is CC1(C)CC(=O)Nc2cc(C(=N)N)ccc21.Cl. The zero-order valence-corrected chi connectivity index (χ0v) is 10.6. The molecule has 92 valence electrons. The number of benzene rings is 1. The van der Waals surface area contributed by atoms with Crippen LogP contribution in [0.3, 0.4) is 0 Å². The average Bonchev–Trinajstić information content (AvgIpc) is 2.14. The molecular weight excluding hydrogens is 238 g/mol. The highest BCUT2D eigenvalue weighted by molar-refractivity contribution is 6.00. The monoisotopic (exact) mass is 253 g/mol. The van der Waals surface area contributed by atoms with Crippen LogP contribution in [-0.4, -0.2) is 11.7 Å². The molecule has 2 rings (SSSR count). The number of nitrogens with one attached hydrogen (secondary N) is 2. The van der Waals surface area contributed by atoms with Crippen LogP contribution in [0.5, 0.6) is 0 Å². The topological polar surface area (TPSA) is 79.0 Å². The predicted octanol–water partition coefficient (Wildman–Crippen LogP) is 2.01. The van der Waals surface area contributed by atoms with E-state index in [4.69, 9.17) is 11.1 Å². The first-order valence-corrected chi connectivity index (χ1v) is 5.19. The standard InChI is InChI=1S/C12H15N3O.ClH/c1-12(2)6-10(16)15-9-5-7(11(13)14)3-4-8(9)12;/h3-5H,6H2,1-2H3,(H3,13,14)(H,15,16);1H. The second-order valence-corrected chi connectivity index (χ2v) is 4.78. The van der Waals surface area contributed by atoms with E-state index in [-0.39, 0.29) is 29.6 Å². The second-order valence-electron chi connectivity index (χ2n) is 4.78. The van der Waals surface area contributed by atoms with E-state index >= 15 is 0 Å². The lowest BCUT2D eigenvalue weighted by Gasteiger charge is -2.32. The number of carbonyl (C=O) groups excluding carboxylic acids is 1. The summed E-state index contributed by atoms with van der Waals surface area (Å²) < 4.78 is 0. The molecule has 0 saturated carbocycles. The zero-order chi connectivity index (χ0) is 11.9. The Hall–Kier alpha value is -1.55. The molecule has 0 spiro atoms. The van der Waals surface area contributed by atoms with Gasteiger partial charge >= 0.3 is 0 Å². The summed E-state index contributed by atoms with van der Waals surface area (Å²) >= 11 is 0. The van der Waals surface area contributed by atoms with E-state index in [9.17, 15) is 4.79 Å². The van der Waals surface area contributed by atoms with Crippen LogP contribution in [0.25, 0.3) is 0 Å². The van der Waals surface area contributed by atoms with E-state index in [1.807, 2.05) is 26.0 Å². The quantitative estimate of drug-likeness (QED) is 0.529. The third-order valence-corrected chi connectivity index (χ3v) is 2.94. The van der Waals surface area contributed by atoms with E-state index in [1.165, 1.54) is 0 Å². The lowest BCUT2D eigenvalue weighted by atomic mass is 9.77. The third kappa shape index (κ3) is 2.42. The van der Waals surface area contributed by atoms with Crippen LogP contribution in [0.2, 0.25) is 0 Å².